The molecule has 0 bridgehead atoms. The third kappa shape index (κ3) is 5.06. The molecule has 2 rings (SSSR count). The van der Waals surface area contributed by atoms with Crippen molar-refractivity contribution in [1.82, 2.24) is 10.2 Å². The molecular formula is C17H27FN2O. The fraction of sp³-hybridized carbons (Fsp3) is 0.647. The van der Waals surface area contributed by atoms with Crippen LogP contribution in [0.5, 0.6) is 0 Å². The van der Waals surface area contributed by atoms with Gasteiger partial charge in [0, 0.05) is 31.3 Å². The van der Waals surface area contributed by atoms with Crippen molar-refractivity contribution in [2.45, 2.75) is 38.3 Å². The molecule has 118 valence electrons. The molecule has 1 aliphatic heterocycles. The molecule has 4 heteroatoms. The van der Waals surface area contributed by atoms with Crippen molar-refractivity contribution in [3.05, 3.63) is 35.6 Å². The lowest BCUT2D eigenvalue weighted by Crippen LogP contribution is -2.37. The highest BCUT2D eigenvalue weighted by Crippen LogP contribution is 2.19. The maximum atomic E-state index is 14.0. The van der Waals surface area contributed by atoms with Crippen LogP contribution in [0.4, 0.5) is 4.39 Å². The molecule has 1 aromatic carbocycles. The second-order valence-corrected chi connectivity index (χ2v) is 5.88. The minimum Gasteiger partial charge on any atom is -0.377 e. The summed E-state index contributed by atoms with van der Waals surface area (Å²) in [6.45, 7) is 5.61. The number of ether oxygens (including phenoxy) is 1. The summed E-state index contributed by atoms with van der Waals surface area (Å²) in [6, 6.07) is 7.08. The number of nitrogens with zero attached hydrogens (tertiary/aromatic N) is 1. The van der Waals surface area contributed by atoms with Crippen LogP contribution in [0, 0.1) is 5.82 Å². The molecule has 3 nitrogen and oxygen atoms in total. The molecule has 21 heavy (non-hydrogen) atoms. The molecule has 1 aromatic rings. The molecule has 1 fully saturated rings. The van der Waals surface area contributed by atoms with Crippen LogP contribution in [0.15, 0.2) is 24.3 Å². The van der Waals surface area contributed by atoms with Gasteiger partial charge in [-0.2, -0.15) is 0 Å². The molecule has 2 atom stereocenters. The Hall–Kier alpha value is -0.970. The Kier molecular flexibility index (Phi) is 6.61. The van der Waals surface area contributed by atoms with E-state index in [4.69, 9.17) is 4.74 Å². The minimum absolute atomic E-state index is 0.0255. The van der Waals surface area contributed by atoms with Crippen LogP contribution < -0.4 is 5.32 Å². The highest BCUT2D eigenvalue weighted by molar-refractivity contribution is 5.21. The van der Waals surface area contributed by atoms with Gasteiger partial charge < -0.3 is 15.0 Å². The van der Waals surface area contributed by atoms with E-state index >= 15 is 0 Å². The number of halogens is 1. The normalized spacial score (nSPS) is 20.1. The van der Waals surface area contributed by atoms with Crippen LogP contribution >= 0.6 is 0 Å². The van der Waals surface area contributed by atoms with Crippen molar-refractivity contribution in [1.29, 1.82) is 0 Å². The van der Waals surface area contributed by atoms with E-state index in [0.29, 0.717) is 6.10 Å². The van der Waals surface area contributed by atoms with Gasteiger partial charge in [-0.15, -0.1) is 0 Å². The van der Waals surface area contributed by atoms with Gasteiger partial charge in [0.2, 0.25) is 0 Å². The molecule has 0 spiro atoms. The van der Waals surface area contributed by atoms with Crippen molar-refractivity contribution in [2.24, 2.45) is 0 Å². The van der Waals surface area contributed by atoms with Gasteiger partial charge in [-0.3, -0.25) is 0 Å². The van der Waals surface area contributed by atoms with Crippen LogP contribution in [0.1, 0.15) is 37.8 Å². The second-order valence-electron chi connectivity index (χ2n) is 5.88. The highest BCUT2D eigenvalue weighted by Gasteiger charge is 2.21. The van der Waals surface area contributed by atoms with Gasteiger partial charge in [0.1, 0.15) is 5.82 Å². The predicted octanol–water partition coefficient (Wildman–Crippen LogP) is 2.98. The van der Waals surface area contributed by atoms with Crippen molar-refractivity contribution < 1.29 is 9.13 Å². The molecule has 1 aliphatic rings. The van der Waals surface area contributed by atoms with Gasteiger partial charge in [-0.05, 0) is 38.9 Å². The summed E-state index contributed by atoms with van der Waals surface area (Å²) in [5.74, 6) is -0.128. The van der Waals surface area contributed by atoms with Crippen LogP contribution in [0.3, 0.4) is 0 Å². The molecule has 2 unspecified atom stereocenters. The highest BCUT2D eigenvalue weighted by atomic mass is 19.1. The van der Waals surface area contributed by atoms with Crippen LogP contribution in [0.2, 0.25) is 0 Å². The van der Waals surface area contributed by atoms with Crippen molar-refractivity contribution >= 4 is 0 Å². The molecule has 0 aliphatic carbocycles. The van der Waals surface area contributed by atoms with Gasteiger partial charge >= 0.3 is 0 Å². The first kappa shape index (κ1) is 16.4. The van der Waals surface area contributed by atoms with E-state index in [9.17, 15) is 4.39 Å². The van der Waals surface area contributed by atoms with Crippen LogP contribution in [-0.2, 0) is 4.74 Å². The maximum Gasteiger partial charge on any atom is 0.128 e. The lowest BCUT2D eigenvalue weighted by atomic mass is 10.1. The number of rotatable bonds is 8. The number of hydrogen-bond acceptors (Lipinski definition) is 3. The summed E-state index contributed by atoms with van der Waals surface area (Å²) >= 11 is 0. The zero-order valence-corrected chi connectivity index (χ0v) is 13.1. The van der Waals surface area contributed by atoms with Crippen LogP contribution in [0.25, 0.3) is 0 Å². The summed E-state index contributed by atoms with van der Waals surface area (Å²) in [5, 5.41) is 3.46. The molecule has 0 radical (unpaired) electrons. The molecule has 1 heterocycles. The Bertz CT molecular complexity index is 421. The molecule has 0 aromatic heterocycles. The van der Waals surface area contributed by atoms with Gasteiger partial charge in [0.15, 0.2) is 0 Å². The Labute approximate surface area is 127 Å². The maximum absolute atomic E-state index is 14.0. The number of hydrogen-bond donors (Lipinski definition) is 1. The third-order valence-corrected chi connectivity index (χ3v) is 3.95. The first-order valence-electron chi connectivity index (χ1n) is 7.98. The fourth-order valence-electron chi connectivity index (χ4n) is 2.87. The van der Waals surface area contributed by atoms with E-state index < -0.39 is 0 Å². The number of likely N-dealkylation sites (N-methyl/N-ethyl adjacent to an activating group) is 1. The molecule has 0 amide bonds. The Morgan fingerprint density at radius 1 is 1.43 bits per heavy atom. The summed E-state index contributed by atoms with van der Waals surface area (Å²) in [5.41, 5.74) is 0.755. The van der Waals surface area contributed by atoms with E-state index in [2.05, 4.69) is 24.2 Å². The van der Waals surface area contributed by atoms with Crippen LogP contribution in [-0.4, -0.2) is 44.3 Å². The lowest BCUT2D eigenvalue weighted by Gasteiger charge is -2.27. The molecule has 0 saturated carbocycles. The van der Waals surface area contributed by atoms with Crippen molar-refractivity contribution in [3.8, 4) is 0 Å². The SMILES string of the molecule is CCCNC(CN(C)CC1CCCO1)c1ccccc1F. The summed E-state index contributed by atoms with van der Waals surface area (Å²) in [4.78, 5) is 2.25. The second kappa shape index (κ2) is 8.47. The van der Waals surface area contributed by atoms with Gasteiger partial charge in [-0.25, -0.2) is 4.39 Å². The quantitative estimate of drug-likeness (QED) is 0.798. The van der Waals surface area contributed by atoms with Gasteiger partial charge in [-0.1, -0.05) is 25.1 Å². The third-order valence-electron chi connectivity index (χ3n) is 3.95. The lowest BCUT2D eigenvalue weighted by molar-refractivity contribution is 0.0783. The van der Waals surface area contributed by atoms with E-state index in [0.717, 1.165) is 51.1 Å². The first-order chi connectivity index (χ1) is 10.2. The topological polar surface area (TPSA) is 24.5 Å². The van der Waals surface area contributed by atoms with E-state index in [1.54, 1.807) is 6.07 Å². The van der Waals surface area contributed by atoms with E-state index in [1.165, 1.54) is 6.07 Å². The predicted molar refractivity (Wildman–Crippen MR) is 83.9 cm³/mol. The average molecular weight is 294 g/mol. The Balaban J connectivity index is 1.96. The Morgan fingerprint density at radius 3 is 2.90 bits per heavy atom. The van der Waals surface area contributed by atoms with E-state index in [-0.39, 0.29) is 11.9 Å². The largest absolute Gasteiger partial charge is 0.377 e. The zero-order valence-electron chi connectivity index (χ0n) is 13.1. The molecule has 1 saturated heterocycles. The average Bonchev–Trinajstić information content (AvgIpc) is 2.97. The molecular weight excluding hydrogens is 267 g/mol. The monoisotopic (exact) mass is 294 g/mol. The number of benzene rings is 1. The van der Waals surface area contributed by atoms with Gasteiger partial charge in [0.05, 0.1) is 6.10 Å². The van der Waals surface area contributed by atoms with Crippen molar-refractivity contribution in [2.75, 3.05) is 33.3 Å². The molecule has 1 N–H and O–H groups in total. The fourth-order valence-corrected chi connectivity index (χ4v) is 2.87. The first-order valence-corrected chi connectivity index (χ1v) is 7.98. The van der Waals surface area contributed by atoms with Gasteiger partial charge in [0.25, 0.3) is 0 Å². The summed E-state index contributed by atoms with van der Waals surface area (Å²) in [7, 11) is 2.09. The minimum atomic E-state index is -0.128. The summed E-state index contributed by atoms with van der Waals surface area (Å²) < 4.78 is 19.7. The smallest absolute Gasteiger partial charge is 0.128 e. The standard InChI is InChI=1S/C17H27FN2O/c1-3-10-19-17(15-8-4-5-9-16(15)18)13-20(2)12-14-7-6-11-21-14/h4-5,8-9,14,17,19H,3,6-7,10-13H2,1-2H3. The summed E-state index contributed by atoms with van der Waals surface area (Å²) in [6.07, 6.45) is 3.67. The number of nitrogens with one attached hydrogen (secondary N) is 1. The zero-order chi connectivity index (χ0) is 15.1. The van der Waals surface area contributed by atoms with E-state index in [1.807, 2.05) is 12.1 Å². The van der Waals surface area contributed by atoms with Crippen molar-refractivity contribution in [3.63, 3.8) is 0 Å². The Morgan fingerprint density at radius 2 is 2.24 bits per heavy atom.